The van der Waals surface area contributed by atoms with Crippen molar-refractivity contribution in [2.24, 2.45) is 0 Å². The zero-order valence-electron chi connectivity index (χ0n) is 7.94. The Morgan fingerprint density at radius 3 is 2.54 bits per heavy atom. The predicted molar refractivity (Wildman–Crippen MR) is 58.1 cm³/mol. The molecule has 0 atom stereocenters. The number of furan rings is 1. The fourth-order valence-corrected chi connectivity index (χ4v) is 1.93. The van der Waals surface area contributed by atoms with E-state index in [1.807, 2.05) is 6.92 Å². The molecule has 13 heavy (non-hydrogen) atoms. The molecule has 0 bridgehead atoms. The fraction of sp³-hybridized carbons (Fsp3) is 0.273. The molecule has 2 aromatic rings. The van der Waals surface area contributed by atoms with E-state index in [9.17, 15) is 0 Å². The predicted octanol–water partition coefficient (Wildman–Crippen LogP) is 4.12. The van der Waals surface area contributed by atoms with E-state index < -0.39 is 0 Å². The van der Waals surface area contributed by atoms with Crippen LogP contribution in [0.15, 0.2) is 21.0 Å². The Labute approximate surface area is 85.9 Å². The average Bonchev–Trinajstić information content (AvgIpc) is 2.42. The van der Waals surface area contributed by atoms with Crippen molar-refractivity contribution in [3.8, 4) is 0 Å². The second kappa shape index (κ2) is 2.88. The summed E-state index contributed by atoms with van der Waals surface area (Å²) in [6, 6.07) is 4.15. The maximum absolute atomic E-state index is 5.56. The summed E-state index contributed by atoms with van der Waals surface area (Å²) in [6.07, 6.45) is 0. The first-order chi connectivity index (χ1) is 6.09. The molecule has 2 rings (SSSR count). The van der Waals surface area contributed by atoms with E-state index in [0.29, 0.717) is 0 Å². The highest BCUT2D eigenvalue weighted by Gasteiger charge is 2.08. The lowest BCUT2D eigenvalue weighted by Gasteiger charge is -2.02. The Balaban J connectivity index is 2.92. The minimum absolute atomic E-state index is 0.968. The van der Waals surface area contributed by atoms with Crippen LogP contribution in [-0.2, 0) is 0 Å². The molecule has 1 aromatic carbocycles. The number of benzene rings is 1. The van der Waals surface area contributed by atoms with Gasteiger partial charge in [0.25, 0.3) is 0 Å². The Hall–Kier alpha value is -0.760. The molecular formula is C11H11BrO. The summed E-state index contributed by atoms with van der Waals surface area (Å²) >= 11 is 3.57. The summed E-state index contributed by atoms with van der Waals surface area (Å²) in [5.74, 6) is 0.968. The molecule has 0 aliphatic carbocycles. The van der Waals surface area contributed by atoms with Crippen LogP contribution in [0, 0.1) is 20.8 Å². The van der Waals surface area contributed by atoms with Crippen molar-refractivity contribution in [3.63, 3.8) is 0 Å². The number of fused-ring (bicyclic) bond motifs is 1. The summed E-state index contributed by atoms with van der Waals surface area (Å²) < 4.78 is 6.74. The highest BCUT2D eigenvalue weighted by molar-refractivity contribution is 9.10. The topological polar surface area (TPSA) is 13.1 Å². The van der Waals surface area contributed by atoms with Gasteiger partial charge in [-0.2, -0.15) is 0 Å². The van der Waals surface area contributed by atoms with Crippen LogP contribution >= 0.6 is 15.9 Å². The van der Waals surface area contributed by atoms with Gasteiger partial charge in [0.2, 0.25) is 0 Å². The number of hydrogen-bond acceptors (Lipinski definition) is 1. The van der Waals surface area contributed by atoms with Gasteiger partial charge >= 0.3 is 0 Å². The van der Waals surface area contributed by atoms with Crippen LogP contribution in [0.1, 0.15) is 16.9 Å². The van der Waals surface area contributed by atoms with Crippen LogP contribution in [0.3, 0.4) is 0 Å². The van der Waals surface area contributed by atoms with Gasteiger partial charge < -0.3 is 4.42 Å². The largest absolute Gasteiger partial charge is 0.461 e. The van der Waals surface area contributed by atoms with E-state index in [-0.39, 0.29) is 0 Å². The summed E-state index contributed by atoms with van der Waals surface area (Å²) in [6.45, 7) is 6.16. The van der Waals surface area contributed by atoms with Crippen LogP contribution < -0.4 is 0 Å². The zero-order valence-corrected chi connectivity index (χ0v) is 9.53. The van der Waals surface area contributed by atoms with E-state index in [1.54, 1.807) is 0 Å². The second-order valence-corrected chi connectivity index (χ2v) is 4.19. The first-order valence-corrected chi connectivity index (χ1v) is 5.04. The minimum Gasteiger partial charge on any atom is -0.461 e. The SMILES string of the molecule is Cc1cc2c(C)c(Br)c(C)cc2o1. The lowest BCUT2D eigenvalue weighted by Crippen LogP contribution is -1.81. The van der Waals surface area contributed by atoms with Crippen molar-refractivity contribution in [1.82, 2.24) is 0 Å². The van der Waals surface area contributed by atoms with E-state index in [0.717, 1.165) is 11.3 Å². The molecule has 2 heteroatoms. The molecule has 0 aliphatic heterocycles. The third kappa shape index (κ3) is 1.29. The second-order valence-electron chi connectivity index (χ2n) is 3.40. The van der Waals surface area contributed by atoms with Crippen molar-refractivity contribution in [2.75, 3.05) is 0 Å². The Kier molecular flexibility index (Phi) is 1.95. The van der Waals surface area contributed by atoms with Crippen LogP contribution in [0.4, 0.5) is 0 Å². The Morgan fingerprint density at radius 1 is 1.15 bits per heavy atom. The molecular weight excluding hydrogens is 228 g/mol. The minimum atomic E-state index is 0.968. The molecule has 1 nitrogen and oxygen atoms in total. The third-order valence-electron chi connectivity index (χ3n) is 2.31. The van der Waals surface area contributed by atoms with Crippen molar-refractivity contribution in [2.45, 2.75) is 20.8 Å². The summed E-state index contributed by atoms with van der Waals surface area (Å²) in [5.41, 5.74) is 3.46. The van der Waals surface area contributed by atoms with Crippen LogP contribution in [0.2, 0.25) is 0 Å². The number of hydrogen-bond donors (Lipinski definition) is 0. The van der Waals surface area contributed by atoms with Crippen molar-refractivity contribution >= 4 is 26.9 Å². The fourth-order valence-electron chi connectivity index (χ4n) is 1.61. The van der Waals surface area contributed by atoms with Gasteiger partial charge in [-0.15, -0.1) is 0 Å². The van der Waals surface area contributed by atoms with Crippen molar-refractivity contribution in [1.29, 1.82) is 0 Å². The van der Waals surface area contributed by atoms with Gasteiger partial charge in [-0.25, -0.2) is 0 Å². The maximum atomic E-state index is 5.56. The zero-order chi connectivity index (χ0) is 9.59. The van der Waals surface area contributed by atoms with Gasteiger partial charge in [0.1, 0.15) is 11.3 Å². The Morgan fingerprint density at radius 2 is 1.85 bits per heavy atom. The molecule has 1 heterocycles. The lowest BCUT2D eigenvalue weighted by molar-refractivity contribution is 0.578. The summed E-state index contributed by atoms with van der Waals surface area (Å²) in [5, 5.41) is 1.20. The molecule has 68 valence electrons. The number of aryl methyl sites for hydroxylation is 3. The average molecular weight is 239 g/mol. The van der Waals surface area contributed by atoms with Crippen molar-refractivity contribution < 1.29 is 4.42 Å². The molecule has 0 saturated carbocycles. The first-order valence-electron chi connectivity index (χ1n) is 4.25. The molecule has 0 fully saturated rings. The maximum Gasteiger partial charge on any atom is 0.134 e. The molecule has 0 radical (unpaired) electrons. The van der Waals surface area contributed by atoms with Crippen molar-refractivity contribution in [3.05, 3.63) is 33.5 Å². The highest BCUT2D eigenvalue weighted by Crippen LogP contribution is 2.30. The molecule has 0 unspecified atom stereocenters. The number of halogens is 1. The van der Waals surface area contributed by atoms with E-state index >= 15 is 0 Å². The Bertz CT molecular complexity index is 468. The molecule has 0 N–H and O–H groups in total. The van der Waals surface area contributed by atoms with Gasteiger partial charge in [0, 0.05) is 9.86 Å². The highest BCUT2D eigenvalue weighted by atomic mass is 79.9. The van der Waals surface area contributed by atoms with E-state index in [1.165, 1.54) is 21.0 Å². The molecule has 0 aliphatic rings. The van der Waals surface area contributed by atoms with Gasteiger partial charge in [0.15, 0.2) is 0 Å². The molecule has 0 spiro atoms. The van der Waals surface area contributed by atoms with Gasteiger partial charge in [-0.05, 0) is 44.0 Å². The molecule has 0 amide bonds. The van der Waals surface area contributed by atoms with Crippen LogP contribution in [0.25, 0.3) is 11.0 Å². The third-order valence-corrected chi connectivity index (χ3v) is 3.53. The van der Waals surface area contributed by atoms with E-state index in [2.05, 4.69) is 41.9 Å². The molecule has 0 saturated heterocycles. The lowest BCUT2D eigenvalue weighted by atomic mass is 10.1. The normalized spacial score (nSPS) is 11.1. The van der Waals surface area contributed by atoms with Crippen LogP contribution in [0.5, 0.6) is 0 Å². The summed E-state index contributed by atoms with van der Waals surface area (Å²) in [7, 11) is 0. The number of rotatable bonds is 0. The standard InChI is InChI=1S/C11H11BrO/c1-6-4-10-9(5-7(2)13-10)8(3)11(6)12/h4-5H,1-3H3. The van der Waals surface area contributed by atoms with Gasteiger partial charge in [-0.3, -0.25) is 0 Å². The van der Waals surface area contributed by atoms with Gasteiger partial charge in [-0.1, -0.05) is 15.9 Å². The monoisotopic (exact) mass is 238 g/mol. The van der Waals surface area contributed by atoms with Gasteiger partial charge in [0.05, 0.1) is 0 Å². The smallest absolute Gasteiger partial charge is 0.134 e. The molecule has 1 aromatic heterocycles. The summed E-state index contributed by atoms with van der Waals surface area (Å²) in [4.78, 5) is 0. The first kappa shape index (κ1) is 8.82. The quantitative estimate of drug-likeness (QED) is 0.673. The van der Waals surface area contributed by atoms with Crippen LogP contribution in [-0.4, -0.2) is 0 Å². The van der Waals surface area contributed by atoms with E-state index in [4.69, 9.17) is 4.42 Å².